The van der Waals surface area contributed by atoms with Crippen molar-refractivity contribution in [1.82, 2.24) is 5.32 Å². The summed E-state index contributed by atoms with van der Waals surface area (Å²) in [5.74, 6) is 2.01. The standard InChI is InChI=1S/C15H24N2O/c1-11(2)10-18-15-9-13(3-4-14(15)16)12-5-7-17-8-6-12/h3-4,9,11-12,17H,5-8,10,16H2,1-2H3. The Bertz CT molecular complexity index is 384. The molecule has 0 spiro atoms. The molecule has 0 aromatic heterocycles. The zero-order chi connectivity index (χ0) is 13.0. The average molecular weight is 248 g/mol. The fourth-order valence-corrected chi connectivity index (χ4v) is 2.34. The summed E-state index contributed by atoms with van der Waals surface area (Å²) in [5, 5.41) is 3.39. The van der Waals surface area contributed by atoms with E-state index >= 15 is 0 Å². The van der Waals surface area contributed by atoms with Crippen LogP contribution < -0.4 is 15.8 Å². The summed E-state index contributed by atoms with van der Waals surface area (Å²) in [4.78, 5) is 0. The number of piperidine rings is 1. The monoisotopic (exact) mass is 248 g/mol. The van der Waals surface area contributed by atoms with Crippen molar-refractivity contribution in [3.63, 3.8) is 0 Å². The summed E-state index contributed by atoms with van der Waals surface area (Å²) < 4.78 is 5.79. The molecule has 0 amide bonds. The van der Waals surface area contributed by atoms with E-state index in [9.17, 15) is 0 Å². The van der Waals surface area contributed by atoms with Gasteiger partial charge in [-0.3, -0.25) is 0 Å². The maximum atomic E-state index is 5.97. The third-order valence-electron chi connectivity index (χ3n) is 3.42. The SMILES string of the molecule is CC(C)COc1cc(C2CCNCC2)ccc1N. The van der Waals surface area contributed by atoms with Gasteiger partial charge in [0.25, 0.3) is 0 Å². The predicted molar refractivity (Wildman–Crippen MR) is 76.0 cm³/mol. The van der Waals surface area contributed by atoms with Gasteiger partial charge in [0.15, 0.2) is 0 Å². The Kier molecular flexibility index (Phi) is 4.48. The van der Waals surface area contributed by atoms with Crippen LogP contribution in [0.2, 0.25) is 0 Å². The second-order valence-electron chi connectivity index (χ2n) is 5.53. The fraction of sp³-hybridized carbons (Fsp3) is 0.600. The van der Waals surface area contributed by atoms with Crippen LogP contribution in [0.15, 0.2) is 18.2 Å². The number of hydrogen-bond acceptors (Lipinski definition) is 3. The van der Waals surface area contributed by atoms with Crippen molar-refractivity contribution in [3.8, 4) is 5.75 Å². The summed E-state index contributed by atoms with van der Waals surface area (Å²) in [6.07, 6.45) is 2.40. The molecular formula is C15H24N2O. The van der Waals surface area contributed by atoms with Gasteiger partial charge in [0.1, 0.15) is 5.75 Å². The van der Waals surface area contributed by atoms with Crippen LogP contribution in [-0.2, 0) is 0 Å². The lowest BCUT2D eigenvalue weighted by Crippen LogP contribution is -2.26. The van der Waals surface area contributed by atoms with E-state index < -0.39 is 0 Å². The second kappa shape index (κ2) is 6.10. The molecule has 0 radical (unpaired) electrons. The summed E-state index contributed by atoms with van der Waals surface area (Å²) in [7, 11) is 0. The maximum absolute atomic E-state index is 5.97. The number of nitrogen functional groups attached to an aromatic ring is 1. The van der Waals surface area contributed by atoms with Crippen molar-refractivity contribution in [3.05, 3.63) is 23.8 Å². The van der Waals surface area contributed by atoms with Gasteiger partial charge in [0.05, 0.1) is 12.3 Å². The smallest absolute Gasteiger partial charge is 0.142 e. The first-order valence-electron chi connectivity index (χ1n) is 6.89. The zero-order valence-corrected chi connectivity index (χ0v) is 11.4. The Morgan fingerprint density at radius 1 is 1.33 bits per heavy atom. The van der Waals surface area contributed by atoms with Crippen LogP contribution in [0.5, 0.6) is 5.75 Å². The summed E-state index contributed by atoms with van der Waals surface area (Å²) in [6, 6.07) is 6.26. The molecule has 1 fully saturated rings. The number of nitrogens with one attached hydrogen (secondary N) is 1. The molecule has 3 N–H and O–H groups in total. The Balaban J connectivity index is 2.09. The number of benzene rings is 1. The maximum Gasteiger partial charge on any atom is 0.142 e. The Morgan fingerprint density at radius 3 is 2.72 bits per heavy atom. The van der Waals surface area contributed by atoms with Gasteiger partial charge in [0.2, 0.25) is 0 Å². The lowest BCUT2D eigenvalue weighted by atomic mass is 9.90. The van der Waals surface area contributed by atoms with Gasteiger partial charge in [-0.05, 0) is 55.5 Å². The Hall–Kier alpha value is -1.22. The third-order valence-corrected chi connectivity index (χ3v) is 3.42. The van der Waals surface area contributed by atoms with E-state index in [1.807, 2.05) is 6.07 Å². The number of anilines is 1. The first-order valence-corrected chi connectivity index (χ1v) is 6.89. The summed E-state index contributed by atoms with van der Waals surface area (Å²) >= 11 is 0. The lowest BCUT2D eigenvalue weighted by molar-refractivity contribution is 0.272. The van der Waals surface area contributed by atoms with Crippen LogP contribution in [0.3, 0.4) is 0 Å². The normalized spacial score (nSPS) is 17.1. The second-order valence-corrected chi connectivity index (χ2v) is 5.53. The van der Waals surface area contributed by atoms with Crippen LogP contribution in [-0.4, -0.2) is 19.7 Å². The number of nitrogens with two attached hydrogens (primary N) is 1. The quantitative estimate of drug-likeness (QED) is 0.805. The van der Waals surface area contributed by atoms with Crippen LogP contribution in [0.25, 0.3) is 0 Å². The van der Waals surface area contributed by atoms with Gasteiger partial charge in [-0.15, -0.1) is 0 Å². The highest BCUT2D eigenvalue weighted by Crippen LogP contribution is 2.31. The number of hydrogen-bond donors (Lipinski definition) is 2. The molecule has 1 saturated heterocycles. The van der Waals surface area contributed by atoms with Crippen molar-refractivity contribution in [2.24, 2.45) is 5.92 Å². The van der Waals surface area contributed by atoms with Crippen molar-refractivity contribution >= 4 is 5.69 Å². The highest BCUT2D eigenvalue weighted by molar-refractivity contribution is 5.54. The molecule has 0 aliphatic carbocycles. The summed E-state index contributed by atoms with van der Waals surface area (Å²) in [6.45, 7) is 7.23. The van der Waals surface area contributed by atoms with E-state index in [-0.39, 0.29) is 0 Å². The molecule has 1 heterocycles. The first-order chi connectivity index (χ1) is 8.66. The topological polar surface area (TPSA) is 47.3 Å². The molecule has 18 heavy (non-hydrogen) atoms. The van der Waals surface area contributed by atoms with Gasteiger partial charge in [-0.25, -0.2) is 0 Å². The van der Waals surface area contributed by atoms with E-state index in [0.29, 0.717) is 11.8 Å². The molecule has 1 aromatic rings. The van der Waals surface area contributed by atoms with Gasteiger partial charge >= 0.3 is 0 Å². The molecule has 1 aromatic carbocycles. The third kappa shape index (κ3) is 3.39. The number of rotatable bonds is 4. The highest BCUT2D eigenvalue weighted by atomic mass is 16.5. The van der Waals surface area contributed by atoms with Crippen molar-refractivity contribution < 1.29 is 4.74 Å². The first kappa shape index (κ1) is 13.2. The van der Waals surface area contributed by atoms with Crippen molar-refractivity contribution in [1.29, 1.82) is 0 Å². The zero-order valence-electron chi connectivity index (χ0n) is 11.4. The fourth-order valence-electron chi connectivity index (χ4n) is 2.34. The Morgan fingerprint density at radius 2 is 2.06 bits per heavy atom. The van der Waals surface area contributed by atoms with Gasteiger partial charge < -0.3 is 15.8 Å². The molecule has 0 saturated carbocycles. The largest absolute Gasteiger partial charge is 0.491 e. The predicted octanol–water partition coefficient (Wildman–Crippen LogP) is 2.77. The molecule has 100 valence electrons. The molecule has 0 unspecified atom stereocenters. The van der Waals surface area contributed by atoms with E-state index in [4.69, 9.17) is 10.5 Å². The summed E-state index contributed by atoms with van der Waals surface area (Å²) in [5.41, 5.74) is 8.08. The minimum absolute atomic E-state index is 0.520. The lowest BCUT2D eigenvalue weighted by Gasteiger charge is -2.23. The number of ether oxygens (including phenoxy) is 1. The van der Waals surface area contributed by atoms with Gasteiger partial charge in [-0.2, -0.15) is 0 Å². The molecule has 3 heteroatoms. The highest BCUT2D eigenvalue weighted by Gasteiger charge is 2.16. The molecule has 1 aliphatic rings. The van der Waals surface area contributed by atoms with Crippen molar-refractivity contribution in [2.75, 3.05) is 25.4 Å². The van der Waals surface area contributed by atoms with Crippen molar-refractivity contribution in [2.45, 2.75) is 32.6 Å². The van der Waals surface area contributed by atoms with Gasteiger partial charge in [0, 0.05) is 0 Å². The van der Waals surface area contributed by atoms with Crippen LogP contribution >= 0.6 is 0 Å². The Labute approximate surface area is 110 Å². The molecule has 3 nitrogen and oxygen atoms in total. The van der Waals surface area contributed by atoms with Gasteiger partial charge in [-0.1, -0.05) is 19.9 Å². The molecular weight excluding hydrogens is 224 g/mol. The average Bonchev–Trinajstić information content (AvgIpc) is 2.38. The molecule has 0 atom stereocenters. The van der Waals surface area contributed by atoms with E-state index in [1.165, 1.54) is 18.4 Å². The van der Waals surface area contributed by atoms with Crippen LogP contribution in [0.4, 0.5) is 5.69 Å². The van der Waals surface area contributed by atoms with Crippen LogP contribution in [0.1, 0.15) is 38.2 Å². The van der Waals surface area contributed by atoms with E-state index in [2.05, 4.69) is 31.3 Å². The van der Waals surface area contributed by atoms with Crippen LogP contribution in [0, 0.1) is 5.92 Å². The van der Waals surface area contributed by atoms with E-state index in [0.717, 1.165) is 31.1 Å². The van der Waals surface area contributed by atoms with E-state index in [1.54, 1.807) is 0 Å². The molecule has 0 bridgehead atoms. The molecule has 1 aliphatic heterocycles. The minimum Gasteiger partial charge on any atom is -0.491 e. The molecule has 2 rings (SSSR count). The minimum atomic E-state index is 0.520.